The molecule has 9 heteroatoms. The van der Waals surface area contributed by atoms with Crippen LogP contribution in [0.5, 0.6) is 0 Å². The first kappa shape index (κ1) is 23.6. The standard InChI is InChI=1S/C21H31N3O6/c1-15(2)5-4-6-16(3)22-20(25)14-30-21(26)17-7-8-18(19(13-17)24(27)28)23-9-11-29-12-10-23/h7-8,13,15-16H,4-6,9-12,14H2,1-3H3,(H,22,25)/t16-/m0/s1. The highest BCUT2D eigenvalue weighted by atomic mass is 16.6. The minimum atomic E-state index is -0.769. The van der Waals surface area contributed by atoms with E-state index in [2.05, 4.69) is 19.2 Å². The average Bonchev–Trinajstić information content (AvgIpc) is 2.71. The molecule has 166 valence electrons. The molecule has 1 aromatic rings. The molecule has 1 heterocycles. The number of ether oxygens (including phenoxy) is 2. The van der Waals surface area contributed by atoms with Crippen LogP contribution in [0.2, 0.25) is 0 Å². The molecule has 0 bridgehead atoms. The number of morpholine rings is 1. The highest BCUT2D eigenvalue weighted by Gasteiger charge is 2.24. The molecule has 1 aliphatic rings. The highest BCUT2D eigenvalue weighted by Crippen LogP contribution is 2.30. The number of nitro groups is 1. The molecule has 1 amide bonds. The van der Waals surface area contributed by atoms with Gasteiger partial charge in [0, 0.05) is 25.2 Å². The zero-order chi connectivity index (χ0) is 22.1. The van der Waals surface area contributed by atoms with E-state index in [-0.39, 0.29) is 23.2 Å². The van der Waals surface area contributed by atoms with Crippen molar-refractivity contribution in [3.8, 4) is 0 Å². The number of esters is 1. The van der Waals surface area contributed by atoms with Crippen LogP contribution in [0.25, 0.3) is 0 Å². The highest BCUT2D eigenvalue weighted by molar-refractivity contribution is 5.93. The van der Waals surface area contributed by atoms with Crippen LogP contribution >= 0.6 is 0 Å². The maximum absolute atomic E-state index is 12.3. The number of carbonyl (C=O) groups excluding carboxylic acids is 2. The topological polar surface area (TPSA) is 111 Å². The van der Waals surface area contributed by atoms with Gasteiger partial charge in [0.1, 0.15) is 5.69 Å². The van der Waals surface area contributed by atoms with Crippen molar-refractivity contribution in [2.24, 2.45) is 5.92 Å². The van der Waals surface area contributed by atoms with Crippen LogP contribution in [0.1, 0.15) is 50.4 Å². The van der Waals surface area contributed by atoms with E-state index in [1.165, 1.54) is 18.2 Å². The number of nitro benzene ring substituents is 1. The Hall–Kier alpha value is -2.68. The molecule has 0 unspecified atom stereocenters. The third-order valence-electron chi connectivity index (χ3n) is 4.92. The lowest BCUT2D eigenvalue weighted by Gasteiger charge is -2.28. The summed E-state index contributed by atoms with van der Waals surface area (Å²) in [5, 5.41) is 14.3. The molecule has 1 saturated heterocycles. The van der Waals surface area contributed by atoms with Crippen LogP contribution in [-0.4, -0.2) is 55.8 Å². The number of benzene rings is 1. The van der Waals surface area contributed by atoms with E-state index in [1.54, 1.807) is 0 Å². The molecule has 0 aliphatic carbocycles. The fourth-order valence-electron chi connectivity index (χ4n) is 3.30. The number of carbonyl (C=O) groups is 2. The van der Waals surface area contributed by atoms with Crippen molar-refractivity contribution < 1.29 is 24.0 Å². The normalized spacial score (nSPS) is 15.0. The van der Waals surface area contributed by atoms with Crippen molar-refractivity contribution in [3.63, 3.8) is 0 Å². The summed E-state index contributed by atoms with van der Waals surface area (Å²) in [6.45, 7) is 7.86. The Morgan fingerprint density at radius 2 is 1.93 bits per heavy atom. The van der Waals surface area contributed by atoms with Crippen LogP contribution in [0.4, 0.5) is 11.4 Å². The lowest BCUT2D eigenvalue weighted by atomic mass is 10.0. The molecular formula is C21H31N3O6. The summed E-state index contributed by atoms with van der Waals surface area (Å²) in [5.41, 5.74) is 0.305. The summed E-state index contributed by atoms with van der Waals surface area (Å²) in [7, 11) is 0. The second-order valence-electron chi connectivity index (χ2n) is 7.93. The summed E-state index contributed by atoms with van der Waals surface area (Å²) in [4.78, 5) is 37.1. The lowest BCUT2D eigenvalue weighted by molar-refractivity contribution is -0.384. The predicted molar refractivity (Wildman–Crippen MR) is 113 cm³/mol. The molecule has 9 nitrogen and oxygen atoms in total. The van der Waals surface area contributed by atoms with Gasteiger partial charge < -0.3 is 19.7 Å². The van der Waals surface area contributed by atoms with Gasteiger partial charge in [0.05, 0.1) is 23.7 Å². The van der Waals surface area contributed by atoms with Gasteiger partial charge in [-0.25, -0.2) is 4.79 Å². The molecule has 1 aromatic carbocycles. The monoisotopic (exact) mass is 421 g/mol. The van der Waals surface area contributed by atoms with Gasteiger partial charge in [0.15, 0.2) is 6.61 Å². The quantitative estimate of drug-likeness (QED) is 0.351. The Balaban J connectivity index is 1.91. The van der Waals surface area contributed by atoms with Crippen molar-refractivity contribution in [1.29, 1.82) is 0 Å². The SMILES string of the molecule is CC(C)CCC[C@H](C)NC(=O)COC(=O)c1ccc(N2CCOCC2)c([N+](=O)[O-])c1. The molecule has 0 saturated carbocycles. The largest absolute Gasteiger partial charge is 0.452 e. The maximum Gasteiger partial charge on any atom is 0.338 e. The second kappa shape index (κ2) is 11.5. The zero-order valence-electron chi connectivity index (χ0n) is 17.9. The molecule has 1 aliphatic heterocycles. The van der Waals surface area contributed by atoms with Gasteiger partial charge in [-0.1, -0.05) is 26.7 Å². The summed E-state index contributed by atoms with van der Waals surface area (Å²) >= 11 is 0. The maximum atomic E-state index is 12.3. The third-order valence-corrected chi connectivity index (χ3v) is 4.92. The number of rotatable bonds is 10. The number of nitrogens with one attached hydrogen (secondary N) is 1. The van der Waals surface area contributed by atoms with Crippen LogP contribution in [-0.2, 0) is 14.3 Å². The summed E-state index contributed by atoms with van der Waals surface area (Å²) in [5.74, 6) is -0.540. The molecule has 0 spiro atoms. The van der Waals surface area contributed by atoms with E-state index >= 15 is 0 Å². The molecule has 2 rings (SSSR count). The van der Waals surface area contributed by atoms with E-state index in [0.717, 1.165) is 19.3 Å². The van der Waals surface area contributed by atoms with Crippen LogP contribution < -0.4 is 10.2 Å². The molecule has 30 heavy (non-hydrogen) atoms. The first-order valence-corrected chi connectivity index (χ1v) is 10.4. The molecular weight excluding hydrogens is 390 g/mol. The Morgan fingerprint density at radius 1 is 1.23 bits per heavy atom. The zero-order valence-corrected chi connectivity index (χ0v) is 17.9. The van der Waals surface area contributed by atoms with E-state index in [0.29, 0.717) is 37.9 Å². The predicted octanol–water partition coefficient (Wildman–Crippen LogP) is 2.92. The Morgan fingerprint density at radius 3 is 2.57 bits per heavy atom. The van der Waals surface area contributed by atoms with Crippen LogP contribution in [0.3, 0.4) is 0 Å². The van der Waals surface area contributed by atoms with Crippen molar-refractivity contribution >= 4 is 23.3 Å². The Labute approximate surface area is 176 Å². The van der Waals surface area contributed by atoms with Crippen LogP contribution in [0.15, 0.2) is 18.2 Å². The van der Waals surface area contributed by atoms with Crippen molar-refractivity contribution in [3.05, 3.63) is 33.9 Å². The van der Waals surface area contributed by atoms with Gasteiger partial charge >= 0.3 is 5.97 Å². The third kappa shape index (κ3) is 7.29. The number of amides is 1. The molecule has 1 atom stereocenters. The summed E-state index contributed by atoms with van der Waals surface area (Å²) in [6.07, 6.45) is 2.96. The average molecular weight is 421 g/mol. The van der Waals surface area contributed by atoms with Gasteiger partial charge in [-0.05, 0) is 31.4 Å². The summed E-state index contributed by atoms with van der Waals surface area (Å²) < 4.78 is 10.3. The number of hydrogen-bond donors (Lipinski definition) is 1. The fraction of sp³-hybridized carbons (Fsp3) is 0.619. The van der Waals surface area contributed by atoms with Crippen LogP contribution in [0, 0.1) is 16.0 Å². The van der Waals surface area contributed by atoms with E-state index < -0.39 is 17.5 Å². The first-order valence-electron chi connectivity index (χ1n) is 10.4. The molecule has 0 radical (unpaired) electrons. The minimum absolute atomic E-state index is 0.0103. The molecule has 1 fully saturated rings. The van der Waals surface area contributed by atoms with Crippen molar-refractivity contribution in [2.75, 3.05) is 37.8 Å². The second-order valence-corrected chi connectivity index (χ2v) is 7.93. The van der Waals surface area contributed by atoms with E-state index in [9.17, 15) is 19.7 Å². The fourth-order valence-corrected chi connectivity index (χ4v) is 3.30. The van der Waals surface area contributed by atoms with Gasteiger partial charge in [-0.2, -0.15) is 0 Å². The molecule has 1 N–H and O–H groups in total. The van der Waals surface area contributed by atoms with Gasteiger partial charge in [-0.3, -0.25) is 14.9 Å². The van der Waals surface area contributed by atoms with Crippen molar-refractivity contribution in [2.45, 2.75) is 46.1 Å². The number of nitrogens with zero attached hydrogens (tertiary/aromatic N) is 2. The van der Waals surface area contributed by atoms with Gasteiger partial charge in [0.2, 0.25) is 0 Å². The molecule has 0 aromatic heterocycles. The lowest BCUT2D eigenvalue weighted by Crippen LogP contribution is -2.36. The summed E-state index contributed by atoms with van der Waals surface area (Å²) in [6, 6.07) is 4.20. The minimum Gasteiger partial charge on any atom is -0.452 e. The van der Waals surface area contributed by atoms with E-state index in [4.69, 9.17) is 9.47 Å². The van der Waals surface area contributed by atoms with E-state index in [1.807, 2.05) is 11.8 Å². The van der Waals surface area contributed by atoms with Gasteiger partial charge in [-0.15, -0.1) is 0 Å². The number of anilines is 1. The Bertz CT molecular complexity index is 746. The van der Waals surface area contributed by atoms with Crippen molar-refractivity contribution in [1.82, 2.24) is 5.32 Å². The first-order chi connectivity index (χ1) is 14.3. The number of hydrogen-bond acceptors (Lipinski definition) is 7. The van der Waals surface area contributed by atoms with Gasteiger partial charge in [0.25, 0.3) is 11.6 Å². The Kier molecular flexibility index (Phi) is 9.04. The smallest absolute Gasteiger partial charge is 0.338 e.